The van der Waals surface area contributed by atoms with E-state index < -0.39 is 0 Å². The van der Waals surface area contributed by atoms with Gasteiger partial charge in [-0.3, -0.25) is 0 Å². The van der Waals surface area contributed by atoms with Crippen molar-refractivity contribution >= 4 is 0 Å². The molecular formula is C10H22N2. The largest absolute Gasteiger partial charge is 0.329 e. The van der Waals surface area contributed by atoms with Gasteiger partial charge in [-0.1, -0.05) is 19.9 Å². The Bertz CT molecular complexity index is 109. The van der Waals surface area contributed by atoms with Crippen LogP contribution in [-0.2, 0) is 0 Å². The van der Waals surface area contributed by atoms with Crippen LogP contribution in [-0.4, -0.2) is 18.6 Å². The second-order valence-corrected chi connectivity index (χ2v) is 3.20. The Morgan fingerprint density at radius 3 is 2.33 bits per heavy atom. The van der Waals surface area contributed by atoms with E-state index in [1.165, 1.54) is 0 Å². The summed E-state index contributed by atoms with van der Waals surface area (Å²) in [6, 6.07) is 0. The molecule has 0 aromatic carbocycles. The SMILES string of the molecule is C=CCCNC(CC)(CC)CN. The minimum Gasteiger partial charge on any atom is -0.329 e. The third-order valence-electron chi connectivity index (χ3n) is 2.59. The van der Waals surface area contributed by atoms with Crippen LogP contribution in [0.5, 0.6) is 0 Å². The lowest BCUT2D eigenvalue weighted by molar-refractivity contribution is 0.313. The zero-order chi connectivity index (χ0) is 9.45. The molecule has 2 heteroatoms. The first-order valence-corrected chi connectivity index (χ1v) is 4.80. The van der Waals surface area contributed by atoms with Gasteiger partial charge in [0.25, 0.3) is 0 Å². The van der Waals surface area contributed by atoms with Crippen molar-refractivity contribution in [1.29, 1.82) is 0 Å². The molecule has 0 aliphatic rings. The Hall–Kier alpha value is -0.340. The van der Waals surface area contributed by atoms with Crippen molar-refractivity contribution in [3.63, 3.8) is 0 Å². The van der Waals surface area contributed by atoms with E-state index in [9.17, 15) is 0 Å². The average molecular weight is 170 g/mol. The Morgan fingerprint density at radius 2 is 2.00 bits per heavy atom. The molecule has 72 valence electrons. The molecule has 3 N–H and O–H groups in total. The molecule has 0 rings (SSSR count). The maximum atomic E-state index is 5.72. The lowest BCUT2D eigenvalue weighted by atomic mass is 9.93. The predicted octanol–water partition coefficient (Wildman–Crippen LogP) is 1.67. The lowest BCUT2D eigenvalue weighted by Gasteiger charge is -2.31. The van der Waals surface area contributed by atoms with E-state index in [1.807, 2.05) is 6.08 Å². The van der Waals surface area contributed by atoms with Gasteiger partial charge in [-0.2, -0.15) is 0 Å². The molecule has 0 unspecified atom stereocenters. The molecule has 0 aliphatic heterocycles. The fourth-order valence-corrected chi connectivity index (χ4v) is 1.30. The summed E-state index contributed by atoms with van der Waals surface area (Å²) < 4.78 is 0. The first-order chi connectivity index (χ1) is 5.74. The van der Waals surface area contributed by atoms with Crippen LogP contribution in [0.1, 0.15) is 33.1 Å². The van der Waals surface area contributed by atoms with Gasteiger partial charge in [-0.15, -0.1) is 6.58 Å². The summed E-state index contributed by atoms with van der Waals surface area (Å²) in [6.07, 6.45) is 5.13. The van der Waals surface area contributed by atoms with Crippen LogP contribution < -0.4 is 11.1 Å². The molecule has 0 amide bonds. The van der Waals surface area contributed by atoms with Gasteiger partial charge in [-0.25, -0.2) is 0 Å². The quantitative estimate of drug-likeness (QED) is 0.450. The fourth-order valence-electron chi connectivity index (χ4n) is 1.30. The summed E-state index contributed by atoms with van der Waals surface area (Å²) in [6.45, 7) is 9.75. The molecule has 0 bridgehead atoms. The maximum absolute atomic E-state index is 5.72. The van der Waals surface area contributed by atoms with E-state index in [1.54, 1.807) is 0 Å². The van der Waals surface area contributed by atoms with Crippen molar-refractivity contribution < 1.29 is 0 Å². The van der Waals surface area contributed by atoms with Crippen molar-refractivity contribution in [3.05, 3.63) is 12.7 Å². The molecule has 0 fully saturated rings. The van der Waals surface area contributed by atoms with Crippen LogP contribution in [0, 0.1) is 0 Å². The van der Waals surface area contributed by atoms with Crippen molar-refractivity contribution in [3.8, 4) is 0 Å². The summed E-state index contributed by atoms with van der Waals surface area (Å²) in [5, 5.41) is 3.49. The van der Waals surface area contributed by atoms with Crippen LogP contribution in [0.25, 0.3) is 0 Å². The van der Waals surface area contributed by atoms with E-state index in [0.717, 1.165) is 32.4 Å². The smallest absolute Gasteiger partial charge is 0.0298 e. The lowest BCUT2D eigenvalue weighted by Crippen LogP contribution is -2.50. The van der Waals surface area contributed by atoms with Crippen molar-refractivity contribution in [2.24, 2.45) is 5.73 Å². The normalized spacial score (nSPS) is 11.6. The first kappa shape index (κ1) is 11.7. The second-order valence-electron chi connectivity index (χ2n) is 3.20. The highest BCUT2D eigenvalue weighted by atomic mass is 15.0. The predicted molar refractivity (Wildman–Crippen MR) is 55.2 cm³/mol. The molecule has 0 aliphatic carbocycles. The summed E-state index contributed by atoms with van der Waals surface area (Å²) >= 11 is 0. The van der Waals surface area contributed by atoms with Gasteiger partial charge < -0.3 is 11.1 Å². The molecule has 0 aromatic heterocycles. The number of nitrogens with one attached hydrogen (secondary N) is 1. The second kappa shape index (κ2) is 6.21. The molecule has 0 atom stereocenters. The van der Waals surface area contributed by atoms with E-state index in [4.69, 9.17) is 5.73 Å². The van der Waals surface area contributed by atoms with E-state index in [2.05, 4.69) is 25.7 Å². The van der Waals surface area contributed by atoms with Gasteiger partial charge in [0.2, 0.25) is 0 Å². The number of nitrogens with two attached hydrogens (primary N) is 1. The Labute approximate surface area is 76.2 Å². The minimum atomic E-state index is 0.156. The van der Waals surface area contributed by atoms with Crippen LogP contribution in [0.4, 0.5) is 0 Å². The topological polar surface area (TPSA) is 38.0 Å². The first-order valence-electron chi connectivity index (χ1n) is 4.80. The number of hydrogen-bond donors (Lipinski definition) is 2. The zero-order valence-corrected chi connectivity index (χ0v) is 8.40. The fraction of sp³-hybridized carbons (Fsp3) is 0.800. The van der Waals surface area contributed by atoms with Crippen molar-refractivity contribution in [2.45, 2.75) is 38.6 Å². The van der Waals surface area contributed by atoms with E-state index >= 15 is 0 Å². The molecule has 0 radical (unpaired) electrons. The van der Waals surface area contributed by atoms with Gasteiger partial charge in [0.05, 0.1) is 0 Å². The zero-order valence-electron chi connectivity index (χ0n) is 8.40. The Morgan fingerprint density at radius 1 is 1.42 bits per heavy atom. The molecule has 0 saturated carbocycles. The Balaban J connectivity index is 3.84. The molecule has 0 aromatic rings. The molecule has 2 nitrogen and oxygen atoms in total. The average Bonchev–Trinajstić information content (AvgIpc) is 2.14. The van der Waals surface area contributed by atoms with Crippen LogP contribution >= 0.6 is 0 Å². The van der Waals surface area contributed by atoms with Crippen molar-refractivity contribution in [2.75, 3.05) is 13.1 Å². The van der Waals surface area contributed by atoms with Gasteiger partial charge >= 0.3 is 0 Å². The molecule has 0 saturated heterocycles. The standard InChI is InChI=1S/C10H22N2/c1-4-7-8-12-10(5-2,6-3)9-11/h4,12H,1,5-9,11H2,2-3H3. The third kappa shape index (κ3) is 3.37. The van der Waals surface area contributed by atoms with Gasteiger partial charge in [-0.05, 0) is 25.8 Å². The molecule has 0 spiro atoms. The van der Waals surface area contributed by atoms with Gasteiger partial charge in [0.15, 0.2) is 0 Å². The highest BCUT2D eigenvalue weighted by Gasteiger charge is 2.22. The number of rotatable bonds is 7. The van der Waals surface area contributed by atoms with Crippen molar-refractivity contribution in [1.82, 2.24) is 5.32 Å². The monoisotopic (exact) mass is 170 g/mol. The highest BCUT2D eigenvalue weighted by molar-refractivity contribution is 4.87. The van der Waals surface area contributed by atoms with Gasteiger partial charge in [0.1, 0.15) is 0 Å². The van der Waals surface area contributed by atoms with E-state index in [-0.39, 0.29) is 5.54 Å². The van der Waals surface area contributed by atoms with Crippen LogP contribution in [0.2, 0.25) is 0 Å². The van der Waals surface area contributed by atoms with Crippen LogP contribution in [0.15, 0.2) is 12.7 Å². The summed E-state index contributed by atoms with van der Waals surface area (Å²) in [5.74, 6) is 0. The summed E-state index contributed by atoms with van der Waals surface area (Å²) in [5.41, 5.74) is 5.88. The Kier molecular flexibility index (Phi) is 6.03. The summed E-state index contributed by atoms with van der Waals surface area (Å²) in [7, 11) is 0. The molecule has 0 heterocycles. The maximum Gasteiger partial charge on any atom is 0.0298 e. The molecule has 12 heavy (non-hydrogen) atoms. The minimum absolute atomic E-state index is 0.156. The van der Waals surface area contributed by atoms with Crippen LogP contribution in [0.3, 0.4) is 0 Å². The van der Waals surface area contributed by atoms with Gasteiger partial charge in [0, 0.05) is 12.1 Å². The third-order valence-corrected chi connectivity index (χ3v) is 2.59. The molecular weight excluding hydrogens is 148 g/mol. The number of hydrogen-bond acceptors (Lipinski definition) is 2. The van der Waals surface area contributed by atoms with E-state index in [0.29, 0.717) is 0 Å². The summed E-state index contributed by atoms with van der Waals surface area (Å²) in [4.78, 5) is 0. The highest BCUT2D eigenvalue weighted by Crippen LogP contribution is 2.12.